The molecule has 0 unspecified atom stereocenters. The van der Waals surface area contributed by atoms with Gasteiger partial charge in [0.2, 0.25) is 5.91 Å². The number of aromatic nitrogens is 3. The molecule has 1 atom stereocenters. The first-order valence-electron chi connectivity index (χ1n) is 10.1. The van der Waals surface area contributed by atoms with Gasteiger partial charge in [0.15, 0.2) is 20.8 Å². The summed E-state index contributed by atoms with van der Waals surface area (Å²) in [7, 11) is -3.04. The standard InChI is InChI=1S/C22H23BrN4O3S2/c1-14-9-15(2)11-19(10-14)27-21(16-3-5-17(23)6-4-16)25-26-22(27)31-12-20(28)24-18-7-8-32(29,30)13-18/h3-6,9-11,18H,7-8,12-13H2,1-2H3,(H,24,28)/t18-/m1/s1. The fourth-order valence-electron chi connectivity index (χ4n) is 3.77. The van der Waals surface area contributed by atoms with Crippen molar-refractivity contribution in [3.63, 3.8) is 0 Å². The van der Waals surface area contributed by atoms with Gasteiger partial charge in [-0.2, -0.15) is 0 Å². The highest BCUT2D eigenvalue weighted by Crippen LogP contribution is 2.29. The second kappa shape index (κ2) is 9.36. The smallest absolute Gasteiger partial charge is 0.230 e. The van der Waals surface area contributed by atoms with Crippen LogP contribution in [0.25, 0.3) is 17.1 Å². The number of benzene rings is 2. The van der Waals surface area contributed by atoms with Crippen molar-refractivity contribution in [1.29, 1.82) is 0 Å². The lowest BCUT2D eigenvalue weighted by molar-refractivity contribution is -0.119. The van der Waals surface area contributed by atoms with Crippen molar-refractivity contribution in [2.45, 2.75) is 31.5 Å². The Hall–Kier alpha value is -2.17. The minimum Gasteiger partial charge on any atom is -0.352 e. The first-order valence-corrected chi connectivity index (χ1v) is 13.7. The Kier molecular flexibility index (Phi) is 6.73. The lowest BCUT2D eigenvalue weighted by Gasteiger charge is -2.13. The van der Waals surface area contributed by atoms with E-state index in [1.54, 1.807) is 0 Å². The van der Waals surface area contributed by atoms with Crippen molar-refractivity contribution in [2.75, 3.05) is 17.3 Å². The predicted octanol–water partition coefficient (Wildman–Crippen LogP) is 3.71. The number of amides is 1. The average Bonchev–Trinajstić information content (AvgIpc) is 3.29. The zero-order valence-corrected chi connectivity index (χ0v) is 20.9. The molecule has 1 fully saturated rings. The van der Waals surface area contributed by atoms with Gasteiger partial charge in [-0.25, -0.2) is 8.42 Å². The van der Waals surface area contributed by atoms with Crippen LogP contribution in [0.3, 0.4) is 0 Å². The highest BCUT2D eigenvalue weighted by atomic mass is 79.9. The second-order valence-corrected chi connectivity index (χ2v) is 12.0. The molecule has 0 aliphatic carbocycles. The third-order valence-electron chi connectivity index (χ3n) is 5.13. The molecule has 3 aromatic rings. The number of rotatable bonds is 6. The summed E-state index contributed by atoms with van der Waals surface area (Å²) in [6.07, 6.45) is 0.463. The van der Waals surface area contributed by atoms with Crippen LogP contribution in [-0.4, -0.2) is 52.4 Å². The topological polar surface area (TPSA) is 94.0 Å². The Morgan fingerprint density at radius 2 is 1.84 bits per heavy atom. The summed E-state index contributed by atoms with van der Waals surface area (Å²) in [6.45, 7) is 4.08. The van der Waals surface area contributed by atoms with E-state index < -0.39 is 9.84 Å². The molecule has 0 spiro atoms. The van der Waals surface area contributed by atoms with Gasteiger partial charge >= 0.3 is 0 Å². The Labute approximate surface area is 200 Å². The molecular weight excluding hydrogens is 512 g/mol. The maximum Gasteiger partial charge on any atom is 0.230 e. The summed E-state index contributed by atoms with van der Waals surface area (Å²) in [5.74, 6) is 0.739. The van der Waals surface area contributed by atoms with Gasteiger partial charge in [-0.15, -0.1) is 10.2 Å². The van der Waals surface area contributed by atoms with Gasteiger partial charge in [0.05, 0.1) is 22.9 Å². The van der Waals surface area contributed by atoms with E-state index in [-0.39, 0.29) is 29.2 Å². The Bertz CT molecular complexity index is 1240. The molecule has 2 aromatic carbocycles. The molecule has 168 valence electrons. The maximum atomic E-state index is 12.5. The van der Waals surface area contributed by atoms with Gasteiger partial charge in [0.1, 0.15) is 0 Å². The number of hydrogen-bond donors (Lipinski definition) is 1. The van der Waals surface area contributed by atoms with Crippen LogP contribution in [-0.2, 0) is 14.6 Å². The van der Waals surface area contributed by atoms with Crippen molar-refractivity contribution in [2.24, 2.45) is 0 Å². The van der Waals surface area contributed by atoms with Crippen LogP contribution >= 0.6 is 27.7 Å². The molecule has 0 bridgehead atoms. The number of nitrogens with zero attached hydrogens (tertiary/aromatic N) is 3. The van der Waals surface area contributed by atoms with Crippen LogP contribution in [0, 0.1) is 13.8 Å². The molecule has 7 nitrogen and oxygen atoms in total. The number of sulfone groups is 1. The number of aryl methyl sites for hydroxylation is 2. The van der Waals surface area contributed by atoms with Gasteiger partial charge in [-0.1, -0.05) is 45.9 Å². The second-order valence-electron chi connectivity index (χ2n) is 7.95. The number of carbonyl (C=O) groups excluding carboxylic acids is 1. The quantitative estimate of drug-likeness (QED) is 0.484. The summed E-state index contributed by atoms with van der Waals surface area (Å²) >= 11 is 4.74. The molecule has 1 aliphatic rings. The number of carbonyl (C=O) groups is 1. The average molecular weight is 535 g/mol. The van der Waals surface area contributed by atoms with E-state index in [2.05, 4.69) is 49.6 Å². The van der Waals surface area contributed by atoms with Gasteiger partial charge in [0, 0.05) is 16.1 Å². The Morgan fingerprint density at radius 3 is 2.47 bits per heavy atom. The molecule has 4 rings (SSSR count). The van der Waals surface area contributed by atoms with Crippen molar-refractivity contribution in [3.8, 4) is 17.1 Å². The molecule has 1 N–H and O–H groups in total. The van der Waals surface area contributed by atoms with Crippen LogP contribution in [0.1, 0.15) is 17.5 Å². The van der Waals surface area contributed by atoms with Crippen molar-refractivity contribution in [3.05, 3.63) is 58.1 Å². The Morgan fingerprint density at radius 1 is 1.16 bits per heavy atom. The number of hydrogen-bond acceptors (Lipinski definition) is 6. The van der Waals surface area contributed by atoms with E-state index in [0.717, 1.165) is 26.9 Å². The van der Waals surface area contributed by atoms with Crippen molar-refractivity contribution in [1.82, 2.24) is 20.1 Å². The molecule has 0 saturated carbocycles. The molecule has 1 aromatic heterocycles. The molecule has 32 heavy (non-hydrogen) atoms. The zero-order chi connectivity index (χ0) is 22.9. The highest BCUT2D eigenvalue weighted by Gasteiger charge is 2.29. The van der Waals surface area contributed by atoms with E-state index >= 15 is 0 Å². The van der Waals surface area contributed by atoms with E-state index in [1.807, 2.05) is 42.7 Å². The van der Waals surface area contributed by atoms with E-state index in [0.29, 0.717) is 17.4 Å². The van der Waals surface area contributed by atoms with E-state index in [4.69, 9.17) is 0 Å². The normalized spacial score (nSPS) is 17.4. The predicted molar refractivity (Wildman–Crippen MR) is 130 cm³/mol. The lowest BCUT2D eigenvalue weighted by Crippen LogP contribution is -2.36. The molecule has 10 heteroatoms. The minimum atomic E-state index is -3.04. The van der Waals surface area contributed by atoms with Gasteiger partial charge in [-0.05, 0) is 55.7 Å². The zero-order valence-electron chi connectivity index (χ0n) is 17.7. The Balaban J connectivity index is 1.60. The third kappa shape index (κ3) is 5.41. The van der Waals surface area contributed by atoms with Gasteiger partial charge < -0.3 is 5.32 Å². The van der Waals surface area contributed by atoms with Gasteiger partial charge in [-0.3, -0.25) is 9.36 Å². The summed E-state index contributed by atoms with van der Waals surface area (Å²) in [5, 5.41) is 12.2. The maximum absolute atomic E-state index is 12.5. The monoisotopic (exact) mass is 534 g/mol. The summed E-state index contributed by atoms with van der Waals surface area (Å²) in [5.41, 5.74) is 4.07. The fraction of sp³-hybridized carbons (Fsp3) is 0.318. The molecular formula is C22H23BrN4O3S2. The molecule has 0 radical (unpaired) electrons. The molecule has 2 heterocycles. The van der Waals surface area contributed by atoms with Crippen LogP contribution in [0.15, 0.2) is 52.1 Å². The number of thioether (sulfide) groups is 1. The van der Waals surface area contributed by atoms with Crippen molar-refractivity contribution >= 4 is 43.4 Å². The largest absolute Gasteiger partial charge is 0.352 e. The number of nitrogens with one attached hydrogen (secondary N) is 1. The SMILES string of the molecule is Cc1cc(C)cc(-n2c(SCC(=O)N[C@@H]3CCS(=O)(=O)C3)nnc2-c2ccc(Br)cc2)c1. The van der Waals surface area contributed by atoms with Crippen LogP contribution in [0.2, 0.25) is 0 Å². The van der Waals surface area contributed by atoms with Crippen LogP contribution < -0.4 is 5.32 Å². The van der Waals surface area contributed by atoms with Crippen molar-refractivity contribution < 1.29 is 13.2 Å². The number of halogens is 1. The highest BCUT2D eigenvalue weighted by molar-refractivity contribution is 9.10. The molecule has 1 aliphatic heterocycles. The minimum absolute atomic E-state index is 0.00979. The third-order valence-corrected chi connectivity index (χ3v) is 8.36. The van der Waals surface area contributed by atoms with Crippen LogP contribution in [0.4, 0.5) is 0 Å². The fourth-order valence-corrected chi connectivity index (χ4v) is 6.47. The van der Waals surface area contributed by atoms with E-state index in [9.17, 15) is 13.2 Å². The first kappa shape index (κ1) is 23.0. The summed E-state index contributed by atoms with van der Waals surface area (Å²) in [4.78, 5) is 12.5. The lowest BCUT2D eigenvalue weighted by atomic mass is 10.1. The summed E-state index contributed by atoms with van der Waals surface area (Å²) in [6, 6.07) is 13.7. The van der Waals surface area contributed by atoms with E-state index in [1.165, 1.54) is 11.8 Å². The van der Waals surface area contributed by atoms with Gasteiger partial charge in [0.25, 0.3) is 0 Å². The first-order chi connectivity index (χ1) is 15.2. The molecule has 1 saturated heterocycles. The van der Waals surface area contributed by atoms with Crippen LogP contribution in [0.5, 0.6) is 0 Å². The molecule has 1 amide bonds. The summed E-state index contributed by atoms with van der Waals surface area (Å²) < 4.78 is 26.2.